The first kappa shape index (κ1) is 39.5. The van der Waals surface area contributed by atoms with Crippen molar-refractivity contribution in [1.29, 1.82) is 0 Å². The summed E-state index contributed by atoms with van der Waals surface area (Å²) in [4.78, 5) is 17.1. The van der Waals surface area contributed by atoms with Crippen LogP contribution in [0.25, 0.3) is 0 Å². The molecule has 0 aliphatic carbocycles. The predicted molar refractivity (Wildman–Crippen MR) is 196 cm³/mol. The van der Waals surface area contributed by atoms with Crippen molar-refractivity contribution >= 4 is 27.3 Å². The number of likely N-dealkylation sites (N-methyl/N-ethyl adjacent to an activating group) is 1. The Morgan fingerprint density at radius 3 is 2.30 bits per heavy atom. The maximum absolute atomic E-state index is 15.2. The van der Waals surface area contributed by atoms with Gasteiger partial charge in [-0.15, -0.1) is 0 Å². The number of hydrogen-bond acceptors (Lipinski definition) is 6. The number of sulfonamides is 1. The fraction of sp³-hybridized carbons (Fsp3) is 0.359. The molecule has 3 N–H and O–H groups in total. The number of nitrogens with zero attached hydrogens (tertiary/aromatic N) is 2. The topological polar surface area (TPSA) is 102 Å². The Balaban J connectivity index is 1.42. The van der Waals surface area contributed by atoms with Crippen LogP contribution in [-0.4, -0.2) is 69.9 Å². The SMILES string of the molecule is CN(C)C1(Cc2cccc(F)c2)CCN(c2cc(C(F)(F)F)ccc2CCC(CNC(=O)c2ccccc2O)c2ccc(NS(C)(=O)=O)c(F)c2)CC1. The van der Waals surface area contributed by atoms with Gasteiger partial charge in [-0.2, -0.15) is 13.2 Å². The number of phenolic OH excluding ortho intramolecular Hbond substituents is 1. The number of carbonyl (C=O) groups is 1. The Bertz CT molecular complexity index is 2030. The van der Waals surface area contributed by atoms with Crippen LogP contribution in [0.1, 0.15) is 57.8 Å². The Hall–Kier alpha value is -4.69. The maximum Gasteiger partial charge on any atom is 0.416 e. The lowest BCUT2D eigenvalue weighted by Gasteiger charge is -2.47. The molecule has 5 rings (SSSR count). The first-order valence-electron chi connectivity index (χ1n) is 17.1. The minimum atomic E-state index is -4.58. The van der Waals surface area contributed by atoms with E-state index in [0.29, 0.717) is 49.2 Å². The van der Waals surface area contributed by atoms with Gasteiger partial charge in [-0.3, -0.25) is 9.52 Å². The summed E-state index contributed by atoms with van der Waals surface area (Å²) in [5.41, 5.74) is 0.971. The smallest absolute Gasteiger partial charge is 0.416 e. The zero-order valence-corrected chi connectivity index (χ0v) is 30.5. The van der Waals surface area contributed by atoms with Crippen LogP contribution in [-0.2, 0) is 29.0 Å². The summed E-state index contributed by atoms with van der Waals surface area (Å²) in [7, 11) is 0.139. The van der Waals surface area contributed by atoms with Gasteiger partial charge in [0.15, 0.2) is 0 Å². The third kappa shape index (κ3) is 10.0. The van der Waals surface area contributed by atoms with Gasteiger partial charge in [0.25, 0.3) is 5.91 Å². The van der Waals surface area contributed by atoms with Gasteiger partial charge in [0.1, 0.15) is 17.4 Å². The third-order valence-electron chi connectivity index (χ3n) is 10.00. The molecule has 1 aliphatic heterocycles. The number of alkyl halides is 3. The number of aromatic hydroxyl groups is 1. The van der Waals surface area contributed by atoms with Crippen molar-refractivity contribution in [3.8, 4) is 5.75 Å². The second-order valence-electron chi connectivity index (χ2n) is 13.8. The zero-order chi connectivity index (χ0) is 38.6. The van der Waals surface area contributed by atoms with Gasteiger partial charge in [0, 0.05) is 36.8 Å². The fourth-order valence-electron chi connectivity index (χ4n) is 6.98. The van der Waals surface area contributed by atoms with Crippen molar-refractivity contribution in [3.63, 3.8) is 0 Å². The molecule has 53 heavy (non-hydrogen) atoms. The molecule has 1 fully saturated rings. The van der Waals surface area contributed by atoms with Crippen molar-refractivity contribution in [2.75, 3.05) is 49.6 Å². The van der Waals surface area contributed by atoms with Gasteiger partial charge in [-0.25, -0.2) is 17.2 Å². The van der Waals surface area contributed by atoms with E-state index in [2.05, 4.69) is 14.9 Å². The van der Waals surface area contributed by atoms with Crippen molar-refractivity contribution < 1.29 is 40.3 Å². The number of nitrogens with one attached hydrogen (secondary N) is 2. The van der Waals surface area contributed by atoms with E-state index < -0.39 is 39.4 Å². The molecule has 284 valence electrons. The Kier molecular flexibility index (Phi) is 12.0. The van der Waals surface area contributed by atoms with Gasteiger partial charge >= 0.3 is 6.18 Å². The summed E-state index contributed by atoms with van der Waals surface area (Å²) in [6.45, 7) is 0.875. The molecule has 1 aliphatic rings. The molecule has 0 spiro atoms. The normalized spacial score (nSPS) is 15.3. The Morgan fingerprint density at radius 1 is 0.962 bits per heavy atom. The Labute approximate surface area is 306 Å². The number of benzene rings is 4. The summed E-state index contributed by atoms with van der Waals surface area (Å²) < 4.78 is 96.9. The molecule has 4 aromatic carbocycles. The van der Waals surface area contributed by atoms with E-state index in [1.54, 1.807) is 18.2 Å². The van der Waals surface area contributed by atoms with Gasteiger partial charge < -0.3 is 20.2 Å². The first-order valence-corrected chi connectivity index (χ1v) is 19.0. The van der Waals surface area contributed by atoms with E-state index in [1.807, 2.05) is 25.1 Å². The maximum atomic E-state index is 15.2. The lowest BCUT2D eigenvalue weighted by atomic mass is 9.80. The van der Waals surface area contributed by atoms with Crippen molar-refractivity contribution in [2.45, 2.75) is 49.7 Å². The van der Waals surface area contributed by atoms with Crippen LogP contribution in [0.5, 0.6) is 5.75 Å². The molecule has 8 nitrogen and oxygen atoms in total. The second kappa shape index (κ2) is 16.1. The summed E-state index contributed by atoms with van der Waals surface area (Å²) in [6.07, 6.45) is -1.36. The molecule has 0 saturated carbocycles. The monoisotopic (exact) mass is 758 g/mol. The highest BCUT2D eigenvalue weighted by atomic mass is 32.2. The van der Waals surface area contributed by atoms with Crippen LogP contribution < -0.4 is 14.9 Å². The highest BCUT2D eigenvalue weighted by Gasteiger charge is 2.38. The van der Waals surface area contributed by atoms with E-state index in [4.69, 9.17) is 0 Å². The third-order valence-corrected chi connectivity index (χ3v) is 10.6. The molecule has 14 heteroatoms. The fourth-order valence-corrected chi connectivity index (χ4v) is 7.54. The molecule has 4 aromatic rings. The number of rotatable bonds is 13. The van der Waals surface area contributed by atoms with Gasteiger partial charge in [-0.05, 0) is 111 Å². The van der Waals surface area contributed by atoms with E-state index in [9.17, 15) is 35.9 Å². The average molecular weight is 759 g/mol. The number of piperidine rings is 1. The van der Waals surface area contributed by atoms with Crippen LogP contribution in [0, 0.1) is 11.6 Å². The number of carbonyl (C=O) groups excluding carboxylic acids is 1. The Morgan fingerprint density at radius 2 is 1.68 bits per heavy atom. The van der Waals surface area contributed by atoms with E-state index in [1.165, 1.54) is 48.5 Å². The molecular weight excluding hydrogens is 716 g/mol. The number of amides is 1. The van der Waals surface area contributed by atoms with Crippen LogP contribution in [0.4, 0.5) is 33.3 Å². The van der Waals surface area contributed by atoms with Crippen molar-refractivity contribution in [3.05, 3.63) is 124 Å². The molecule has 1 amide bonds. The molecule has 1 atom stereocenters. The summed E-state index contributed by atoms with van der Waals surface area (Å²) in [5, 5.41) is 13.0. The summed E-state index contributed by atoms with van der Waals surface area (Å²) in [5.74, 6) is -2.53. The standard InChI is InChI=1S/C39H43F5N4O4S/c1-47(2)38(24-26-7-6-8-31(40)21-26)17-19-48(20-18-38)35-23-30(39(42,43)44)15-13-27(35)11-12-29(25-45-37(50)32-9-4-5-10-36(32)49)28-14-16-34(33(41)22-28)46-53(3,51)52/h4-10,13-16,21-23,29,46,49H,11-12,17-20,24-25H2,1-3H3,(H,45,50). The lowest BCUT2D eigenvalue weighted by Crippen LogP contribution is -2.54. The number of aryl methyl sites for hydroxylation is 1. The largest absolute Gasteiger partial charge is 0.507 e. The van der Waals surface area contributed by atoms with Crippen LogP contribution in [0.15, 0.2) is 84.9 Å². The first-order chi connectivity index (χ1) is 24.9. The van der Waals surface area contributed by atoms with Crippen LogP contribution in [0.2, 0.25) is 0 Å². The molecule has 1 unspecified atom stereocenters. The lowest BCUT2D eigenvalue weighted by molar-refractivity contribution is -0.137. The van der Waals surface area contributed by atoms with Crippen LogP contribution in [0.3, 0.4) is 0 Å². The number of halogens is 5. The summed E-state index contributed by atoms with van der Waals surface area (Å²) >= 11 is 0. The predicted octanol–water partition coefficient (Wildman–Crippen LogP) is 7.35. The number of phenols is 1. The van der Waals surface area contributed by atoms with Crippen LogP contribution >= 0.6 is 0 Å². The molecular formula is C39H43F5N4O4S. The molecule has 0 aromatic heterocycles. The quantitative estimate of drug-likeness (QED) is 0.123. The average Bonchev–Trinajstić information content (AvgIpc) is 3.08. The number of para-hydroxylation sites is 1. The van der Waals surface area contributed by atoms with E-state index in [0.717, 1.165) is 24.0 Å². The molecule has 1 heterocycles. The number of anilines is 2. The highest BCUT2D eigenvalue weighted by Crippen LogP contribution is 2.39. The molecule has 0 bridgehead atoms. The van der Waals surface area contributed by atoms with Crippen molar-refractivity contribution in [1.82, 2.24) is 10.2 Å². The molecule has 0 radical (unpaired) electrons. The van der Waals surface area contributed by atoms with E-state index >= 15 is 4.39 Å². The minimum absolute atomic E-state index is 0.0173. The van der Waals surface area contributed by atoms with Gasteiger partial charge in [0.2, 0.25) is 10.0 Å². The molecule has 1 saturated heterocycles. The van der Waals surface area contributed by atoms with Gasteiger partial charge in [0.05, 0.1) is 23.1 Å². The summed E-state index contributed by atoms with van der Waals surface area (Å²) in [6, 6.07) is 20.0. The zero-order valence-electron chi connectivity index (χ0n) is 29.7. The minimum Gasteiger partial charge on any atom is -0.507 e. The van der Waals surface area contributed by atoms with Gasteiger partial charge in [-0.1, -0.05) is 36.4 Å². The highest BCUT2D eigenvalue weighted by molar-refractivity contribution is 7.92. The number of hydrogen-bond donors (Lipinski definition) is 3. The van der Waals surface area contributed by atoms with E-state index in [-0.39, 0.29) is 47.7 Å². The second-order valence-corrected chi connectivity index (χ2v) is 15.6. The van der Waals surface area contributed by atoms with Crippen molar-refractivity contribution in [2.24, 2.45) is 0 Å².